The molecule has 0 fully saturated rings. The number of aliphatic hydroxyl groups is 1. The average Bonchev–Trinajstić information content (AvgIpc) is 2.14. The van der Waals surface area contributed by atoms with Crippen molar-refractivity contribution in [3.63, 3.8) is 0 Å². The van der Waals surface area contributed by atoms with E-state index in [1.807, 2.05) is 0 Å². The van der Waals surface area contributed by atoms with Crippen LogP contribution in [0, 0.1) is 5.92 Å². The fraction of sp³-hybridized carbons (Fsp3) is 0.818. The van der Waals surface area contributed by atoms with Crippen LogP contribution >= 0.6 is 0 Å². The van der Waals surface area contributed by atoms with Gasteiger partial charge in [0.25, 0.3) is 0 Å². The van der Waals surface area contributed by atoms with Crippen LogP contribution in [0.3, 0.4) is 0 Å². The molecule has 0 aliphatic heterocycles. The van der Waals surface area contributed by atoms with Crippen LogP contribution in [-0.2, 0) is 9.59 Å². The second-order valence-corrected chi connectivity index (χ2v) is 4.31. The van der Waals surface area contributed by atoms with E-state index >= 15 is 0 Å². The van der Waals surface area contributed by atoms with Crippen molar-refractivity contribution in [3.8, 4) is 0 Å². The Hall–Kier alpha value is -0.940. The van der Waals surface area contributed by atoms with E-state index in [1.165, 1.54) is 6.92 Å². The molecule has 2 unspecified atom stereocenters. The number of Topliss-reactive ketones (excluding diaryl/α,β-unsaturated/α-hetero) is 1. The van der Waals surface area contributed by atoms with E-state index in [-0.39, 0.29) is 24.0 Å². The maximum atomic E-state index is 11.7. The molecule has 2 atom stereocenters. The lowest BCUT2D eigenvalue weighted by Gasteiger charge is -2.19. The monoisotopic (exact) mass is 230 g/mol. The number of nitrogens with two attached hydrogens (primary N) is 1. The number of aliphatic hydroxyl groups excluding tert-OH is 1. The lowest BCUT2D eigenvalue weighted by molar-refractivity contribution is -0.130. The van der Waals surface area contributed by atoms with Crippen LogP contribution in [0.2, 0.25) is 0 Å². The van der Waals surface area contributed by atoms with Crippen molar-refractivity contribution in [2.75, 3.05) is 6.54 Å². The normalized spacial score (nSPS) is 14.6. The van der Waals surface area contributed by atoms with E-state index in [1.54, 1.807) is 13.8 Å². The molecule has 0 aromatic rings. The summed E-state index contributed by atoms with van der Waals surface area (Å²) in [6.45, 7) is 5.44. The van der Waals surface area contributed by atoms with Gasteiger partial charge in [-0.25, -0.2) is 0 Å². The minimum absolute atomic E-state index is 0.00640. The summed E-state index contributed by atoms with van der Waals surface area (Å²) in [5.74, 6) is -0.477. The van der Waals surface area contributed by atoms with Crippen LogP contribution in [-0.4, -0.2) is 35.5 Å². The molecule has 0 aliphatic carbocycles. The van der Waals surface area contributed by atoms with Crippen molar-refractivity contribution in [1.29, 1.82) is 0 Å². The highest BCUT2D eigenvalue weighted by Gasteiger charge is 2.22. The SMILES string of the molecule is CC(O)CC(=O)NC(CCN)C(=O)C(C)C. The van der Waals surface area contributed by atoms with Gasteiger partial charge in [-0.05, 0) is 19.9 Å². The van der Waals surface area contributed by atoms with Gasteiger partial charge in [-0.3, -0.25) is 9.59 Å². The first-order chi connectivity index (χ1) is 7.38. The van der Waals surface area contributed by atoms with E-state index in [0.717, 1.165) is 0 Å². The highest BCUT2D eigenvalue weighted by atomic mass is 16.3. The fourth-order valence-corrected chi connectivity index (χ4v) is 1.38. The Morgan fingerprint density at radius 2 is 1.88 bits per heavy atom. The third-order valence-corrected chi connectivity index (χ3v) is 2.18. The molecule has 0 rings (SSSR count). The van der Waals surface area contributed by atoms with Crippen LogP contribution < -0.4 is 11.1 Å². The van der Waals surface area contributed by atoms with Gasteiger partial charge >= 0.3 is 0 Å². The maximum Gasteiger partial charge on any atom is 0.223 e. The second-order valence-electron chi connectivity index (χ2n) is 4.31. The average molecular weight is 230 g/mol. The minimum atomic E-state index is -0.701. The summed E-state index contributed by atoms with van der Waals surface area (Å²) < 4.78 is 0. The first-order valence-electron chi connectivity index (χ1n) is 5.59. The van der Waals surface area contributed by atoms with Gasteiger partial charge in [0, 0.05) is 5.92 Å². The quantitative estimate of drug-likeness (QED) is 0.565. The minimum Gasteiger partial charge on any atom is -0.393 e. The lowest BCUT2D eigenvalue weighted by Crippen LogP contribution is -2.44. The van der Waals surface area contributed by atoms with Crippen LogP contribution in [0.4, 0.5) is 0 Å². The van der Waals surface area contributed by atoms with Gasteiger partial charge in [0.1, 0.15) is 0 Å². The first kappa shape index (κ1) is 15.1. The number of hydrogen-bond donors (Lipinski definition) is 3. The summed E-state index contributed by atoms with van der Waals surface area (Å²) >= 11 is 0. The molecule has 5 heteroatoms. The lowest BCUT2D eigenvalue weighted by atomic mass is 9.99. The Morgan fingerprint density at radius 1 is 1.31 bits per heavy atom. The van der Waals surface area contributed by atoms with Gasteiger partial charge in [0.05, 0.1) is 18.6 Å². The predicted octanol–water partition coefficient (Wildman–Crippen LogP) is -0.184. The molecule has 0 bridgehead atoms. The summed E-state index contributed by atoms with van der Waals surface area (Å²) in [5, 5.41) is 11.6. The van der Waals surface area contributed by atoms with E-state index in [2.05, 4.69) is 5.32 Å². The Kier molecular flexibility index (Phi) is 6.92. The van der Waals surface area contributed by atoms with Gasteiger partial charge in [0.15, 0.2) is 5.78 Å². The van der Waals surface area contributed by atoms with Crippen molar-refractivity contribution in [1.82, 2.24) is 5.32 Å². The summed E-state index contributed by atoms with van der Waals surface area (Å²) in [7, 11) is 0. The number of carbonyl (C=O) groups is 2. The van der Waals surface area contributed by atoms with Gasteiger partial charge in [-0.1, -0.05) is 13.8 Å². The molecule has 0 saturated heterocycles. The second kappa shape index (κ2) is 7.35. The first-order valence-corrected chi connectivity index (χ1v) is 5.59. The maximum absolute atomic E-state index is 11.7. The Balaban J connectivity index is 4.33. The predicted molar refractivity (Wildman–Crippen MR) is 61.7 cm³/mol. The van der Waals surface area contributed by atoms with Gasteiger partial charge < -0.3 is 16.2 Å². The topological polar surface area (TPSA) is 92.4 Å². The van der Waals surface area contributed by atoms with Gasteiger partial charge in [-0.15, -0.1) is 0 Å². The third kappa shape index (κ3) is 5.82. The molecule has 0 aromatic carbocycles. The number of nitrogens with one attached hydrogen (secondary N) is 1. The molecule has 94 valence electrons. The van der Waals surface area contributed by atoms with E-state index in [9.17, 15) is 9.59 Å². The molecule has 5 nitrogen and oxygen atoms in total. The number of amides is 1. The van der Waals surface area contributed by atoms with Crippen molar-refractivity contribution in [2.24, 2.45) is 11.7 Å². The van der Waals surface area contributed by atoms with E-state index in [4.69, 9.17) is 10.8 Å². The number of rotatable bonds is 7. The van der Waals surface area contributed by atoms with Crippen LogP contribution in [0.5, 0.6) is 0 Å². The number of hydrogen-bond acceptors (Lipinski definition) is 4. The van der Waals surface area contributed by atoms with Crippen LogP contribution in [0.25, 0.3) is 0 Å². The number of ketones is 1. The van der Waals surface area contributed by atoms with E-state index < -0.39 is 12.1 Å². The molecule has 0 heterocycles. The molecule has 0 saturated carbocycles. The Bertz CT molecular complexity index is 239. The summed E-state index contributed by atoms with van der Waals surface area (Å²) in [6, 6.07) is -0.531. The zero-order chi connectivity index (χ0) is 12.7. The van der Waals surface area contributed by atoms with Crippen molar-refractivity contribution >= 4 is 11.7 Å². The van der Waals surface area contributed by atoms with Crippen molar-refractivity contribution in [3.05, 3.63) is 0 Å². The molecule has 0 aromatic heterocycles. The highest BCUT2D eigenvalue weighted by molar-refractivity contribution is 5.90. The molecule has 1 amide bonds. The van der Waals surface area contributed by atoms with Crippen molar-refractivity contribution < 1.29 is 14.7 Å². The molecular weight excluding hydrogens is 208 g/mol. The highest BCUT2D eigenvalue weighted by Crippen LogP contribution is 2.04. The Labute approximate surface area is 96.4 Å². The van der Waals surface area contributed by atoms with E-state index in [0.29, 0.717) is 13.0 Å². The molecule has 16 heavy (non-hydrogen) atoms. The standard InChI is InChI=1S/C11H22N2O3/c1-7(2)11(16)9(4-5-12)13-10(15)6-8(3)14/h7-9,14H,4-6,12H2,1-3H3,(H,13,15). The molecule has 0 spiro atoms. The zero-order valence-electron chi connectivity index (χ0n) is 10.2. The summed E-state index contributed by atoms with van der Waals surface area (Å²) in [5.41, 5.74) is 5.39. The van der Waals surface area contributed by atoms with Gasteiger partial charge in [-0.2, -0.15) is 0 Å². The largest absolute Gasteiger partial charge is 0.393 e. The fourth-order valence-electron chi connectivity index (χ4n) is 1.38. The van der Waals surface area contributed by atoms with Crippen molar-refractivity contribution in [2.45, 2.75) is 45.8 Å². The molecule has 4 N–H and O–H groups in total. The van der Waals surface area contributed by atoms with Crippen LogP contribution in [0.1, 0.15) is 33.6 Å². The zero-order valence-corrected chi connectivity index (χ0v) is 10.2. The summed E-state index contributed by atoms with van der Waals surface area (Å²) in [4.78, 5) is 23.1. The van der Waals surface area contributed by atoms with Crippen LogP contribution in [0.15, 0.2) is 0 Å². The van der Waals surface area contributed by atoms with Gasteiger partial charge in [0.2, 0.25) is 5.91 Å². The molecule has 0 radical (unpaired) electrons. The molecule has 0 aliphatic rings. The Morgan fingerprint density at radius 3 is 2.25 bits per heavy atom. The molecular formula is C11H22N2O3. The summed E-state index contributed by atoms with van der Waals surface area (Å²) in [6.07, 6.45) is -0.262. The third-order valence-electron chi connectivity index (χ3n) is 2.18. The number of carbonyl (C=O) groups excluding carboxylic acids is 2. The smallest absolute Gasteiger partial charge is 0.223 e.